The van der Waals surface area contributed by atoms with E-state index in [1.165, 1.54) is 36.4 Å². The third kappa shape index (κ3) is 10.2. The first kappa shape index (κ1) is 30.9. The zero-order valence-electron chi connectivity index (χ0n) is 20.3. The van der Waals surface area contributed by atoms with Gasteiger partial charge in [-0.2, -0.15) is 37.6 Å². The minimum Gasteiger partial charge on any atom is -1.00 e. The van der Waals surface area contributed by atoms with Crippen molar-refractivity contribution in [2.24, 2.45) is 10.2 Å². The van der Waals surface area contributed by atoms with Gasteiger partial charge in [0.05, 0.1) is 33.3 Å². The summed E-state index contributed by atoms with van der Waals surface area (Å²) in [7, 11) is -8.87. The average molecular weight is 529 g/mol. The van der Waals surface area contributed by atoms with Crippen molar-refractivity contribution in [2.45, 2.75) is 61.2 Å². The van der Waals surface area contributed by atoms with Gasteiger partial charge < -0.3 is 1.43 Å². The molecule has 10 nitrogen and oxygen atoms in total. The Morgan fingerprint density at radius 3 is 1.40 bits per heavy atom. The fraction of sp³-hybridized carbons (Fsp3) is 0.364. The third-order valence-electron chi connectivity index (χ3n) is 4.89. The summed E-state index contributed by atoms with van der Waals surface area (Å²) in [6.45, 7) is 0. The first-order valence-corrected chi connectivity index (χ1v) is 13.3. The predicted octanol–water partition coefficient (Wildman–Crippen LogP) is 2.18. The van der Waals surface area contributed by atoms with Crippen molar-refractivity contribution in [3.05, 3.63) is 47.5 Å². The van der Waals surface area contributed by atoms with E-state index in [9.17, 15) is 25.9 Å². The van der Waals surface area contributed by atoms with Gasteiger partial charge in [0.25, 0.3) is 20.2 Å². The van der Waals surface area contributed by atoms with Crippen molar-refractivity contribution in [3.63, 3.8) is 0 Å². The standard InChI is InChI=1S/C22H24N4O6S2.Na.H/c23-13-5-1-3-7-17-15-19(9-11-21(17)33(27,28)29)25-26-20-10-12-22(34(30,31)32)18(16-20)8-4-2-6-14-24;;/h9-12,15-16H,1-8H2,(H,27,28,29)(H,30,31,32);;/q;+1;-1. The van der Waals surface area contributed by atoms with E-state index in [0.29, 0.717) is 73.9 Å². The average Bonchev–Trinajstić information content (AvgIpc) is 2.77. The van der Waals surface area contributed by atoms with E-state index in [2.05, 4.69) is 10.2 Å². The van der Waals surface area contributed by atoms with Gasteiger partial charge in [-0.1, -0.05) is 0 Å². The Labute approximate surface area is 229 Å². The minimum absolute atomic E-state index is 0. The molecule has 0 spiro atoms. The number of hydrogen-bond donors (Lipinski definition) is 2. The molecule has 0 saturated heterocycles. The molecule has 0 aliphatic carbocycles. The van der Waals surface area contributed by atoms with Crippen LogP contribution in [0.15, 0.2) is 56.4 Å². The van der Waals surface area contributed by atoms with Gasteiger partial charge in [0.2, 0.25) is 0 Å². The van der Waals surface area contributed by atoms with E-state index in [0.717, 1.165) is 0 Å². The summed E-state index contributed by atoms with van der Waals surface area (Å²) < 4.78 is 65.6. The van der Waals surface area contributed by atoms with Crippen LogP contribution in [0.3, 0.4) is 0 Å². The van der Waals surface area contributed by atoms with E-state index in [4.69, 9.17) is 10.5 Å². The Morgan fingerprint density at radius 1 is 0.714 bits per heavy atom. The molecule has 0 fully saturated rings. The molecule has 0 aliphatic heterocycles. The quantitative estimate of drug-likeness (QED) is 0.182. The van der Waals surface area contributed by atoms with Crippen LogP contribution in [0.25, 0.3) is 0 Å². The Bertz CT molecular complexity index is 1250. The zero-order valence-corrected chi connectivity index (χ0v) is 22.9. The van der Waals surface area contributed by atoms with Gasteiger partial charge in [0, 0.05) is 12.8 Å². The molecule has 0 bridgehead atoms. The number of rotatable bonds is 12. The van der Waals surface area contributed by atoms with Gasteiger partial charge in [-0.3, -0.25) is 9.11 Å². The fourth-order valence-corrected chi connectivity index (χ4v) is 4.77. The van der Waals surface area contributed by atoms with Crippen LogP contribution in [0.1, 0.15) is 51.1 Å². The van der Waals surface area contributed by atoms with Crippen LogP contribution in [-0.4, -0.2) is 25.9 Å². The molecular formula is C22H25N4NaO6S2. The summed E-state index contributed by atoms with van der Waals surface area (Å²) in [4.78, 5) is -0.471. The van der Waals surface area contributed by atoms with E-state index in [1.807, 2.05) is 12.1 Å². The normalized spacial score (nSPS) is 11.5. The van der Waals surface area contributed by atoms with Gasteiger partial charge in [0.15, 0.2) is 0 Å². The Kier molecular flexibility index (Phi) is 12.7. The molecule has 0 unspecified atom stereocenters. The number of hydrogen-bond acceptors (Lipinski definition) is 8. The topological polar surface area (TPSA) is 181 Å². The number of nitrogens with zero attached hydrogens (tertiary/aromatic N) is 4. The summed E-state index contributed by atoms with van der Waals surface area (Å²) in [5.41, 5.74) is 1.32. The predicted molar refractivity (Wildman–Crippen MR) is 124 cm³/mol. The number of azo groups is 1. The van der Waals surface area contributed by atoms with Crippen LogP contribution >= 0.6 is 0 Å². The molecule has 0 heterocycles. The van der Waals surface area contributed by atoms with E-state index in [-0.39, 0.29) is 40.8 Å². The molecule has 0 atom stereocenters. The Hall–Kier alpha value is -2.16. The third-order valence-corrected chi connectivity index (χ3v) is 6.80. The maximum atomic E-state index is 11.7. The van der Waals surface area contributed by atoms with Crippen molar-refractivity contribution in [3.8, 4) is 12.1 Å². The monoisotopic (exact) mass is 528 g/mol. The number of nitriles is 2. The summed E-state index contributed by atoms with van der Waals surface area (Å²) in [5, 5.41) is 25.5. The van der Waals surface area contributed by atoms with Crippen LogP contribution in [-0.2, 0) is 33.1 Å². The van der Waals surface area contributed by atoms with Gasteiger partial charge in [-0.25, -0.2) is 0 Å². The molecule has 13 heteroatoms. The molecule has 35 heavy (non-hydrogen) atoms. The van der Waals surface area contributed by atoms with Gasteiger partial charge in [0.1, 0.15) is 0 Å². The van der Waals surface area contributed by atoms with E-state index >= 15 is 0 Å². The SMILES string of the molecule is N#CCCCCc1cc(N=Nc2ccc(S(=O)(=O)O)c(CCCCC#N)c2)ccc1S(=O)(=O)O.[H-].[Na+]. The van der Waals surface area contributed by atoms with Gasteiger partial charge >= 0.3 is 29.6 Å². The molecule has 0 aromatic heterocycles. The van der Waals surface area contributed by atoms with E-state index in [1.54, 1.807) is 0 Å². The summed E-state index contributed by atoms with van der Waals surface area (Å²) >= 11 is 0. The first-order chi connectivity index (χ1) is 16.1. The number of unbranched alkanes of at least 4 members (excludes halogenated alkanes) is 4. The van der Waals surface area contributed by atoms with Crippen molar-refractivity contribution in [1.82, 2.24) is 0 Å². The first-order valence-electron chi connectivity index (χ1n) is 10.4. The molecule has 0 radical (unpaired) electrons. The minimum atomic E-state index is -4.44. The largest absolute Gasteiger partial charge is 1.00 e. The van der Waals surface area contributed by atoms with Crippen LogP contribution in [0.4, 0.5) is 11.4 Å². The van der Waals surface area contributed by atoms with Gasteiger partial charge in [-0.05, 0) is 86.1 Å². The number of benzene rings is 2. The van der Waals surface area contributed by atoms with E-state index < -0.39 is 20.2 Å². The summed E-state index contributed by atoms with van der Waals surface area (Å²) in [6, 6.07) is 12.2. The maximum absolute atomic E-state index is 11.7. The second kappa shape index (κ2) is 14.4. The van der Waals surface area contributed by atoms with Crippen molar-refractivity contribution in [1.29, 1.82) is 10.5 Å². The molecule has 0 aliphatic rings. The van der Waals surface area contributed by atoms with Gasteiger partial charge in [-0.15, -0.1) is 0 Å². The molecule has 0 saturated carbocycles. The molecule has 182 valence electrons. The van der Waals surface area contributed by atoms with Crippen molar-refractivity contribution in [2.75, 3.05) is 0 Å². The molecule has 2 aromatic carbocycles. The van der Waals surface area contributed by atoms with Crippen molar-refractivity contribution >= 4 is 31.6 Å². The number of aryl methyl sites for hydroxylation is 2. The summed E-state index contributed by atoms with van der Waals surface area (Å²) in [5.74, 6) is 0. The molecule has 0 amide bonds. The Balaban J connectivity index is 0.00000612. The fourth-order valence-electron chi connectivity index (χ4n) is 3.30. The van der Waals surface area contributed by atoms with Crippen LogP contribution in [0.5, 0.6) is 0 Å². The zero-order chi connectivity index (χ0) is 25.2. The molecule has 2 rings (SSSR count). The Morgan fingerprint density at radius 2 is 1.09 bits per heavy atom. The second-order valence-corrected chi connectivity index (χ2v) is 10.2. The molecule has 2 N–H and O–H groups in total. The second-order valence-electron chi connectivity index (χ2n) is 7.46. The molecular weight excluding hydrogens is 503 g/mol. The maximum Gasteiger partial charge on any atom is 1.00 e. The van der Waals surface area contributed by atoms with Crippen LogP contribution < -0.4 is 29.6 Å². The van der Waals surface area contributed by atoms with Crippen molar-refractivity contribution < 1.29 is 56.9 Å². The van der Waals surface area contributed by atoms with Crippen LogP contribution in [0, 0.1) is 22.7 Å². The van der Waals surface area contributed by atoms with Crippen LogP contribution in [0.2, 0.25) is 0 Å². The smallest absolute Gasteiger partial charge is 1.00 e. The summed E-state index contributed by atoms with van der Waals surface area (Å²) in [6.07, 6.45) is 3.53. The molecule has 2 aromatic rings.